The Balaban J connectivity index is 3.72. The number of allylic oxidation sites excluding steroid dienone is 2. The molecule has 1 radical (unpaired) electrons. The van der Waals surface area contributed by atoms with E-state index in [1.165, 1.54) is 0 Å². The Morgan fingerprint density at radius 3 is 1.86 bits per heavy atom. The summed E-state index contributed by atoms with van der Waals surface area (Å²) >= 11 is 0. The molecule has 0 spiro atoms. The van der Waals surface area contributed by atoms with Crippen molar-refractivity contribution in [3.8, 4) is 0 Å². The minimum absolute atomic E-state index is 0.211. The molecule has 0 heterocycles. The topological polar surface area (TPSA) is 19.9 Å². The van der Waals surface area contributed by atoms with E-state index < -0.39 is 0 Å². The summed E-state index contributed by atoms with van der Waals surface area (Å²) in [6.45, 7) is 5.44. The molecular formula is C6H11O. The first kappa shape index (κ1) is 6.54. The Kier molecular flexibility index (Phi) is 2.49. The van der Waals surface area contributed by atoms with Crippen molar-refractivity contribution in [1.29, 1.82) is 0 Å². The zero-order valence-electron chi connectivity index (χ0n) is 5.12. The molecule has 1 heteroatoms. The lowest BCUT2D eigenvalue weighted by molar-refractivity contribution is 0.293. The molecule has 0 atom stereocenters. The van der Waals surface area contributed by atoms with Crippen LogP contribution in [0.25, 0.3) is 0 Å². The van der Waals surface area contributed by atoms with Gasteiger partial charge in [-0.05, 0) is 25.8 Å². The molecule has 7 heavy (non-hydrogen) atoms. The smallest absolute Gasteiger partial charge is 0.151 e. The van der Waals surface area contributed by atoms with E-state index in [0.29, 0.717) is 0 Å². The van der Waals surface area contributed by atoms with Gasteiger partial charge in [-0.1, -0.05) is 6.92 Å². The predicted molar refractivity (Wildman–Crippen MR) is 29.4 cm³/mol. The van der Waals surface area contributed by atoms with Crippen molar-refractivity contribution in [1.82, 2.24) is 0 Å². The highest BCUT2D eigenvalue weighted by atomic mass is 16.3. The molecule has 0 aliphatic heterocycles. The second kappa shape index (κ2) is 2.67. The molecule has 0 unspecified atom stereocenters. The minimum atomic E-state index is 0.211. The van der Waals surface area contributed by atoms with Crippen LogP contribution in [0, 0.1) is 0 Å². The van der Waals surface area contributed by atoms with Gasteiger partial charge in [0.05, 0.1) is 0 Å². The van der Waals surface area contributed by atoms with E-state index in [0.717, 1.165) is 12.0 Å². The SMILES string of the molecule is CC/C(C)=C(\C)[O]. The third-order valence-electron chi connectivity index (χ3n) is 1.13. The van der Waals surface area contributed by atoms with Crippen molar-refractivity contribution in [2.45, 2.75) is 27.2 Å². The van der Waals surface area contributed by atoms with Gasteiger partial charge in [0.25, 0.3) is 0 Å². The van der Waals surface area contributed by atoms with E-state index in [4.69, 9.17) is 0 Å². The van der Waals surface area contributed by atoms with Gasteiger partial charge in [-0.3, -0.25) is 5.11 Å². The average molecular weight is 99.2 g/mol. The maximum atomic E-state index is 10.3. The maximum absolute atomic E-state index is 10.3. The summed E-state index contributed by atoms with van der Waals surface area (Å²) in [6, 6.07) is 0. The first-order valence-corrected chi connectivity index (χ1v) is 2.51. The Bertz CT molecular complexity index is 78.2. The largest absolute Gasteiger partial charge is 0.295 e. The van der Waals surface area contributed by atoms with Crippen LogP contribution in [0.4, 0.5) is 0 Å². The summed E-state index contributed by atoms with van der Waals surface area (Å²) < 4.78 is 0. The molecule has 0 aromatic heterocycles. The van der Waals surface area contributed by atoms with Gasteiger partial charge in [0, 0.05) is 0 Å². The minimum Gasteiger partial charge on any atom is -0.295 e. The van der Waals surface area contributed by atoms with E-state index in [2.05, 4.69) is 0 Å². The van der Waals surface area contributed by atoms with Crippen LogP contribution in [0.1, 0.15) is 27.2 Å². The fourth-order valence-corrected chi connectivity index (χ4v) is 0.249. The summed E-state index contributed by atoms with van der Waals surface area (Å²) in [6.07, 6.45) is 0.884. The standard InChI is InChI=1S/C6H11O/c1-4-5(2)6(3)7/h4H2,1-3H3/b6-5+. The molecule has 41 valence electrons. The van der Waals surface area contributed by atoms with Gasteiger partial charge in [0.1, 0.15) is 0 Å². The van der Waals surface area contributed by atoms with Crippen LogP contribution < -0.4 is 0 Å². The van der Waals surface area contributed by atoms with Crippen LogP contribution in [0.3, 0.4) is 0 Å². The first-order chi connectivity index (χ1) is 3.18. The third kappa shape index (κ3) is 2.26. The fraction of sp³-hybridized carbons (Fsp3) is 0.667. The quantitative estimate of drug-likeness (QED) is 0.449. The van der Waals surface area contributed by atoms with Gasteiger partial charge in [0.15, 0.2) is 5.76 Å². The molecule has 0 aliphatic rings. The second-order valence-corrected chi connectivity index (χ2v) is 1.69. The highest BCUT2D eigenvalue weighted by molar-refractivity contribution is 4.99. The summed E-state index contributed by atoms with van der Waals surface area (Å²) in [5.74, 6) is 0.211. The number of hydrogen-bond acceptors (Lipinski definition) is 0. The second-order valence-electron chi connectivity index (χ2n) is 1.69. The average Bonchev–Trinajstić information content (AvgIpc) is 1.65. The highest BCUT2D eigenvalue weighted by Gasteiger charge is 1.88. The van der Waals surface area contributed by atoms with Crippen LogP contribution in [-0.2, 0) is 5.11 Å². The van der Waals surface area contributed by atoms with Crippen molar-refractivity contribution in [3.05, 3.63) is 11.3 Å². The molecule has 0 rings (SSSR count). The summed E-state index contributed by atoms with van der Waals surface area (Å²) in [7, 11) is 0. The van der Waals surface area contributed by atoms with Crippen LogP contribution >= 0.6 is 0 Å². The van der Waals surface area contributed by atoms with Gasteiger partial charge in [-0.2, -0.15) is 0 Å². The van der Waals surface area contributed by atoms with E-state index in [1.54, 1.807) is 6.92 Å². The Labute approximate surface area is 44.7 Å². The van der Waals surface area contributed by atoms with Crippen molar-refractivity contribution in [3.63, 3.8) is 0 Å². The Hall–Kier alpha value is -0.460. The molecule has 0 aromatic carbocycles. The zero-order chi connectivity index (χ0) is 5.86. The van der Waals surface area contributed by atoms with Gasteiger partial charge < -0.3 is 0 Å². The Morgan fingerprint density at radius 2 is 1.86 bits per heavy atom. The molecule has 0 aliphatic carbocycles. The van der Waals surface area contributed by atoms with E-state index in [9.17, 15) is 5.11 Å². The Morgan fingerprint density at radius 1 is 1.43 bits per heavy atom. The first-order valence-electron chi connectivity index (χ1n) is 2.51. The normalized spacial score (nSPS) is 13.6. The van der Waals surface area contributed by atoms with Crippen molar-refractivity contribution in [2.24, 2.45) is 0 Å². The van der Waals surface area contributed by atoms with Crippen LogP contribution in [0.15, 0.2) is 11.3 Å². The maximum Gasteiger partial charge on any atom is 0.151 e. The summed E-state index contributed by atoms with van der Waals surface area (Å²) in [5, 5.41) is 10.3. The van der Waals surface area contributed by atoms with E-state index in [1.807, 2.05) is 13.8 Å². The third-order valence-corrected chi connectivity index (χ3v) is 1.13. The molecule has 0 amide bonds. The summed E-state index contributed by atoms with van der Waals surface area (Å²) in [4.78, 5) is 0. The van der Waals surface area contributed by atoms with Crippen LogP contribution in [0.2, 0.25) is 0 Å². The molecule has 0 aromatic rings. The predicted octanol–water partition coefficient (Wildman–Crippen LogP) is 2.12. The van der Waals surface area contributed by atoms with Crippen LogP contribution in [0.5, 0.6) is 0 Å². The van der Waals surface area contributed by atoms with Crippen LogP contribution in [-0.4, -0.2) is 0 Å². The van der Waals surface area contributed by atoms with Crippen molar-refractivity contribution < 1.29 is 5.11 Å². The number of hydrogen-bond donors (Lipinski definition) is 0. The van der Waals surface area contributed by atoms with Gasteiger partial charge in [0.2, 0.25) is 0 Å². The van der Waals surface area contributed by atoms with E-state index >= 15 is 0 Å². The molecule has 0 fully saturated rings. The lowest BCUT2D eigenvalue weighted by Crippen LogP contribution is -1.75. The van der Waals surface area contributed by atoms with Gasteiger partial charge in [-0.25, -0.2) is 0 Å². The molecule has 0 saturated heterocycles. The molecule has 0 saturated carbocycles. The lowest BCUT2D eigenvalue weighted by Gasteiger charge is -1.89. The molecule has 0 bridgehead atoms. The molecule has 1 nitrogen and oxygen atoms in total. The molecular weight excluding hydrogens is 88.1 g/mol. The zero-order valence-corrected chi connectivity index (χ0v) is 5.12. The number of rotatable bonds is 1. The van der Waals surface area contributed by atoms with Crippen molar-refractivity contribution in [2.75, 3.05) is 0 Å². The highest BCUT2D eigenvalue weighted by Crippen LogP contribution is 2.02. The van der Waals surface area contributed by atoms with Crippen molar-refractivity contribution >= 4 is 0 Å². The van der Waals surface area contributed by atoms with Gasteiger partial charge in [-0.15, -0.1) is 0 Å². The lowest BCUT2D eigenvalue weighted by atomic mass is 10.2. The summed E-state index contributed by atoms with van der Waals surface area (Å²) in [5.41, 5.74) is 0.958. The monoisotopic (exact) mass is 99.1 g/mol. The molecule has 0 N–H and O–H groups in total. The van der Waals surface area contributed by atoms with Gasteiger partial charge >= 0.3 is 0 Å². The van der Waals surface area contributed by atoms with E-state index in [-0.39, 0.29) is 5.76 Å². The fourth-order valence-electron chi connectivity index (χ4n) is 0.249.